The third-order valence-electron chi connectivity index (χ3n) is 3.98. The summed E-state index contributed by atoms with van der Waals surface area (Å²) in [4.78, 5) is 7.69. The lowest BCUT2D eigenvalue weighted by atomic mass is 10.2. The van der Waals surface area contributed by atoms with Gasteiger partial charge in [0.2, 0.25) is 5.89 Å². The van der Waals surface area contributed by atoms with Crippen LogP contribution in [-0.4, -0.2) is 49.2 Å². The van der Waals surface area contributed by atoms with Crippen LogP contribution in [0.3, 0.4) is 0 Å². The molecule has 0 unspecified atom stereocenters. The smallest absolute Gasteiger partial charge is 0.314 e. The molecule has 0 amide bonds. The van der Waals surface area contributed by atoms with Crippen molar-refractivity contribution in [2.45, 2.75) is 19.5 Å². The number of pyridine rings is 1. The van der Waals surface area contributed by atoms with E-state index in [1.807, 2.05) is 20.3 Å². The Bertz CT molecular complexity index is 1090. The summed E-state index contributed by atoms with van der Waals surface area (Å²) < 4.78 is 31.7. The Balaban J connectivity index is 1.44. The molecule has 0 fully saturated rings. The van der Waals surface area contributed by atoms with Gasteiger partial charge in [-0.1, -0.05) is 5.21 Å². The highest BCUT2D eigenvalue weighted by Crippen LogP contribution is 2.25. The highest BCUT2D eigenvalue weighted by Gasteiger charge is 2.17. The molecule has 11 heteroatoms. The van der Waals surface area contributed by atoms with E-state index in [0.717, 1.165) is 23.5 Å². The van der Waals surface area contributed by atoms with Gasteiger partial charge < -0.3 is 9.32 Å². The Morgan fingerprint density at radius 1 is 1.17 bits per heavy atom. The van der Waals surface area contributed by atoms with Gasteiger partial charge in [0.05, 0.1) is 24.0 Å². The molecule has 0 saturated carbocycles. The SMILES string of the molecule is CN(C)Cc1cc(-c2cn(Cc3ccc(-c4nnc(C(F)F)o4)cn3)nn2)cs1. The lowest BCUT2D eigenvalue weighted by Crippen LogP contribution is -2.09. The molecule has 0 spiro atoms. The van der Waals surface area contributed by atoms with Gasteiger partial charge in [0, 0.05) is 28.6 Å². The number of hydrogen-bond donors (Lipinski definition) is 0. The minimum atomic E-state index is -2.80. The molecule has 0 radical (unpaired) electrons. The maximum Gasteiger partial charge on any atom is 0.314 e. The molecule has 150 valence electrons. The summed E-state index contributed by atoms with van der Waals surface area (Å²) in [6.07, 6.45) is 0.568. The van der Waals surface area contributed by atoms with E-state index >= 15 is 0 Å². The van der Waals surface area contributed by atoms with E-state index < -0.39 is 12.3 Å². The van der Waals surface area contributed by atoms with Crippen molar-refractivity contribution < 1.29 is 13.2 Å². The van der Waals surface area contributed by atoms with Gasteiger partial charge in [-0.3, -0.25) is 4.98 Å². The van der Waals surface area contributed by atoms with Gasteiger partial charge in [0.1, 0.15) is 5.69 Å². The van der Waals surface area contributed by atoms with Gasteiger partial charge in [-0.15, -0.1) is 26.6 Å². The summed E-state index contributed by atoms with van der Waals surface area (Å²) in [5, 5.41) is 17.4. The van der Waals surface area contributed by atoms with Gasteiger partial charge in [-0.25, -0.2) is 4.68 Å². The first-order valence-electron chi connectivity index (χ1n) is 8.67. The number of rotatable bonds is 7. The van der Waals surface area contributed by atoms with Crippen LogP contribution in [0.4, 0.5) is 8.78 Å². The van der Waals surface area contributed by atoms with Crippen LogP contribution in [0.1, 0.15) is 22.9 Å². The van der Waals surface area contributed by atoms with Crippen LogP contribution < -0.4 is 0 Å². The predicted octanol–water partition coefficient (Wildman–Crippen LogP) is 3.50. The number of thiophene rings is 1. The van der Waals surface area contributed by atoms with Gasteiger partial charge in [0.15, 0.2) is 0 Å². The van der Waals surface area contributed by atoms with E-state index in [2.05, 4.69) is 41.8 Å². The topological polar surface area (TPSA) is 85.8 Å². The molecule has 29 heavy (non-hydrogen) atoms. The fraction of sp³-hybridized carbons (Fsp3) is 0.278. The van der Waals surface area contributed by atoms with Crippen LogP contribution in [0.15, 0.2) is 40.4 Å². The number of halogens is 2. The van der Waals surface area contributed by atoms with E-state index in [-0.39, 0.29) is 5.89 Å². The maximum atomic E-state index is 12.6. The lowest BCUT2D eigenvalue weighted by Gasteiger charge is -2.05. The lowest BCUT2D eigenvalue weighted by molar-refractivity contribution is 0.116. The molecule has 8 nitrogen and oxygen atoms in total. The Hall–Kier alpha value is -3.05. The van der Waals surface area contributed by atoms with Crippen molar-refractivity contribution in [3.8, 4) is 22.7 Å². The van der Waals surface area contributed by atoms with E-state index in [9.17, 15) is 8.78 Å². The van der Waals surface area contributed by atoms with Gasteiger partial charge >= 0.3 is 6.43 Å². The van der Waals surface area contributed by atoms with Crippen LogP contribution in [-0.2, 0) is 13.1 Å². The van der Waals surface area contributed by atoms with Crippen molar-refractivity contribution >= 4 is 11.3 Å². The van der Waals surface area contributed by atoms with Crippen LogP contribution in [0.5, 0.6) is 0 Å². The van der Waals surface area contributed by atoms with E-state index in [0.29, 0.717) is 12.1 Å². The second-order valence-electron chi connectivity index (χ2n) is 6.63. The number of alkyl halides is 2. The predicted molar refractivity (Wildman–Crippen MR) is 102 cm³/mol. The molecule has 4 aromatic heterocycles. The van der Waals surface area contributed by atoms with Crippen molar-refractivity contribution in [3.63, 3.8) is 0 Å². The fourth-order valence-electron chi connectivity index (χ4n) is 2.67. The monoisotopic (exact) mass is 417 g/mol. The third kappa shape index (κ3) is 4.51. The molecule has 0 saturated heterocycles. The van der Waals surface area contributed by atoms with Gasteiger partial charge in [0.25, 0.3) is 5.89 Å². The highest BCUT2D eigenvalue weighted by molar-refractivity contribution is 7.10. The normalized spacial score (nSPS) is 11.7. The molecule has 4 rings (SSSR count). The zero-order valence-electron chi connectivity index (χ0n) is 15.7. The molecular formula is C18H17F2N7OS. The van der Waals surface area contributed by atoms with E-state index in [1.165, 1.54) is 11.1 Å². The van der Waals surface area contributed by atoms with Crippen LogP contribution in [0.2, 0.25) is 0 Å². The summed E-state index contributed by atoms with van der Waals surface area (Å²) in [5.41, 5.74) is 3.04. The Morgan fingerprint density at radius 3 is 2.72 bits per heavy atom. The van der Waals surface area contributed by atoms with Crippen molar-refractivity contribution in [1.82, 2.24) is 35.1 Å². The second-order valence-corrected chi connectivity index (χ2v) is 7.62. The fourth-order valence-corrected chi connectivity index (χ4v) is 3.66. The Labute approximate surface area is 168 Å². The summed E-state index contributed by atoms with van der Waals surface area (Å²) in [7, 11) is 4.06. The summed E-state index contributed by atoms with van der Waals surface area (Å²) in [6.45, 7) is 1.31. The third-order valence-corrected chi connectivity index (χ3v) is 4.90. The van der Waals surface area contributed by atoms with Crippen molar-refractivity contribution in [2.75, 3.05) is 14.1 Å². The molecule has 0 aliphatic rings. The quantitative estimate of drug-likeness (QED) is 0.455. The zero-order valence-corrected chi connectivity index (χ0v) is 16.5. The number of nitrogens with zero attached hydrogens (tertiary/aromatic N) is 7. The minimum Gasteiger partial charge on any atom is -0.415 e. The van der Waals surface area contributed by atoms with E-state index in [4.69, 9.17) is 4.42 Å². The first-order valence-corrected chi connectivity index (χ1v) is 9.55. The summed E-state index contributed by atoms with van der Waals surface area (Å²) >= 11 is 1.69. The van der Waals surface area contributed by atoms with Crippen molar-refractivity contribution in [3.05, 3.63) is 52.4 Å². The molecular weight excluding hydrogens is 400 g/mol. The van der Waals surface area contributed by atoms with Crippen LogP contribution in [0.25, 0.3) is 22.7 Å². The van der Waals surface area contributed by atoms with Crippen molar-refractivity contribution in [1.29, 1.82) is 0 Å². The minimum absolute atomic E-state index is 0.00776. The highest BCUT2D eigenvalue weighted by atomic mass is 32.1. The number of hydrogen-bond acceptors (Lipinski definition) is 8. The van der Waals surface area contributed by atoms with Crippen molar-refractivity contribution in [2.24, 2.45) is 0 Å². The standard InChI is InChI=1S/C18H17F2N7OS/c1-26(2)8-14-5-12(10-29-14)15-9-27(25-22-15)7-13-4-3-11(6-21-13)17-23-24-18(28-17)16(19)20/h3-6,9-10,16H,7-8H2,1-2H3. The summed E-state index contributed by atoms with van der Waals surface area (Å²) in [6, 6.07) is 5.56. The van der Waals surface area contributed by atoms with Crippen LogP contribution >= 0.6 is 11.3 Å². The van der Waals surface area contributed by atoms with Gasteiger partial charge in [-0.2, -0.15) is 8.78 Å². The molecule has 0 aliphatic carbocycles. The largest absolute Gasteiger partial charge is 0.415 e. The average molecular weight is 417 g/mol. The second kappa shape index (κ2) is 8.13. The maximum absolute atomic E-state index is 12.6. The Kier molecular flexibility index (Phi) is 5.41. The summed E-state index contributed by atoms with van der Waals surface area (Å²) in [5.74, 6) is -0.699. The molecule has 4 aromatic rings. The molecule has 0 N–H and O–H groups in total. The number of aromatic nitrogens is 6. The molecule has 0 aromatic carbocycles. The van der Waals surface area contributed by atoms with Gasteiger partial charge in [-0.05, 0) is 32.3 Å². The first kappa shape index (κ1) is 19.3. The average Bonchev–Trinajstić information content (AvgIpc) is 3.42. The Morgan fingerprint density at radius 2 is 2.03 bits per heavy atom. The molecule has 4 heterocycles. The van der Waals surface area contributed by atoms with E-state index in [1.54, 1.807) is 28.2 Å². The zero-order chi connectivity index (χ0) is 20.4. The molecule has 0 aliphatic heterocycles. The molecule has 0 atom stereocenters. The first-order chi connectivity index (χ1) is 14.0. The molecule has 0 bridgehead atoms. The van der Waals surface area contributed by atoms with Crippen LogP contribution in [0, 0.1) is 0 Å².